The van der Waals surface area contributed by atoms with E-state index in [0.29, 0.717) is 17.6 Å². The maximum atomic E-state index is 14.1. The van der Waals surface area contributed by atoms with Crippen molar-refractivity contribution in [1.82, 2.24) is 10.3 Å². The second-order valence-electron chi connectivity index (χ2n) is 9.18. The summed E-state index contributed by atoms with van der Waals surface area (Å²) in [7, 11) is 0. The lowest BCUT2D eigenvalue weighted by Crippen LogP contribution is -2.43. The number of rotatable bonds is 7. The van der Waals surface area contributed by atoms with Gasteiger partial charge in [0.2, 0.25) is 0 Å². The van der Waals surface area contributed by atoms with Crippen molar-refractivity contribution in [3.05, 3.63) is 94.7 Å². The highest BCUT2D eigenvalue weighted by molar-refractivity contribution is 7.13. The fourth-order valence-corrected chi connectivity index (χ4v) is 5.94. The summed E-state index contributed by atoms with van der Waals surface area (Å²) in [5.41, 5.74) is 2.31. The molecule has 1 fully saturated rings. The summed E-state index contributed by atoms with van der Waals surface area (Å²) in [6.07, 6.45) is 0.901. The molecule has 3 aromatic carbocycles. The van der Waals surface area contributed by atoms with Crippen LogP contribution in [-0.4, -0.2) is 35.7 Å². The highest BCUT2D eigenvalue weighted by atomic mass is 35.5. The van der Waals surface area contributed by atoms with Gasteiger partial charge in [-0.15, -0.1) is 23.7 Å². The average molecular weight is 526 g/mol. The number of thiazole rings is 1. The van der Waals surface area contributed by atoms with Crippen molar-refractivity contribution in [2.75, 3.05) is 24.5 Å². The summed E-state index contributed by atoms with van der Waals surface area (Å²) in [5.74, 6) is -0.846. The van der Waals surface area contributed by atoms with Crippen molar-refractivity contribution in [2.45, 2.75) is 25.3 Å². The van der Waals surface area contributed by atoms with E-state index in [2.05, 4.69) is 64.6 Å². The van der Waals surface area contributed by atoms with Crippen molar-refractivity contribution in [1.29, 1.82) is 0 Å². The maximum Gasteiger partial charge on any atom is 0.355 e. The topological polar surface area (TPSA) is 65.5 Å². The van der Waals surface area contributed by atoms with E-state index in [4.69, 9.17) is 0 Å². The Morgan fingerprint density at radius 3 is 2.75 bits per heavy atom. The Kier molecular flexibility index (Phi) is 8.24. The first-order valence-corrected chi connectivity index (χ1v) is 12.8. The highest BCUT2D eigenvalue weighted by Gasteiger charge is 2.32. The van der Waals surface area contributed by atoms with Gasteiger partial charge in [0, 0.05) is 30.4 Å². The van der Waals surface area contributed by atoms with Gasteiger partial charge in [-0.2, -0.15) is 0 Å². The number of anilines is 1. The van der Waals surface area contributed by atoms with Gasteiger partial charge in [0.1, 0.15) is 5.82 Å². The van der Waals surface area contributed by atoms with E-state index in [1.54, 1.807) is 17.5 Å². The molecule has 0 spiro atoms. The zero-order chi connectivity index (χ0) is 24.4. The number of benzene rings is 3. The van der Waals surface area contributed by atoms with Gasteiger partial charge in [0.25, 0.3) is 0 Å². The summed E-state index contributed by atoms with van der Waals surface area (Å²) in [6, 6.07) is 21.9. The first-order valence-electron chi connectivity index (χ1n) is 11.9. The highest BCUT2D eigenvalue weighted by Crippen LogP contribution is 2.36. The second kappa shape index (κ2) is 11.4. The van der Waals surface area contributed by atoms with E-state index >= 15 is 0 Å². The molecule has 2 N–H and O–H groups in total. The van der Waals surface area contributed by atoms with Gasteiger partial charge in [-0.25, -0.2) is 14.2 Å². The number of hydrogen-bond donors (Lipinski definition) is 2. The number of piperidine rings is 1. The molecule has 8 heteroatoms. The summed E-state index contributed by atoms with van der Waals surface area (Å²) in [5, 5.41) is 17.8. The molecule has 5 nitrogen and oxygen atoms in total. The van der Waals surface area contributed by atoms with Crippen LogP contribution in [0.3, 0.4) is 0 Å². The molecule has 1 aliphatic rings. The first-order chi connectivity index (χ1) is 17.0. The van der Waals surface area contributed by atoms with Gasteiger partial charge >= 0.3 is 5.97 Å². The Morgan fingerprint density at radius 1 is 1.19 bits per heavy atom. The van der Waals surface area contributed by atoms with Crippen LogP contribution in [0.5, 0.6) is 0 Å². The van der Waals surface area contributed by atoms with E-state index in [1.807, 2.05) is 6.07 Å². The molecule has 5 rings (SSSR count). The molecule has 36 heavy (non-hydrogen) atoms. The number of nitrogens with zero attached hydrogens (tertiary/aromatic N) is 2. The van der Waals surface area contributed by atoms with Crippen molar-refractivity contribution >= 4 is 45.6 Å². The maximum absolute atomic E-state index is 14.1. The molecule has 3 atom stereocenters. The molecule has 2 unspecified atom stereocenters. The van der Waals surface area contributed by atoms with Crippen LogP contribution in [0.15, 0.2) is 72.1 Å². The van der Waals surface area contributed by atoms with Crippen LogP contribution in [0, 0.1) is 11.7 Å². The molecule has 0 saturated carbocycles. The van der Waals surface area contributed by atoms with Crippen LogP contribution < -0.4 is 10.2 Å². The number of aromatic nitrogens is 1. The summed E-state index contributed by atoms with van der Waals surface area (Å²) in [4.78, 5) is 17.7. The van der Waals surface area contributed by atoms with E-state index in [-0.39, 0.29) is 35.9 Å². The number of nitrogens with one attached hydrogen (secondary N) is 1. The van der Waals surface area contributed by atoms with Crippen LogP contribution in [-0.2, 0) is 0 Å². The quantitative estimate of drug-likeness (QED) is 0.288. The molecular weight excluding hydrogens is 497 g/mol. The lowest BCUT2D eigenvalue weighted by atomic mass is 9.80. The lowest BCUT2D eigenvalue weighted by molar-refractivity contribution is 0.0691. The molecule has 2 heterocycles. The number of carboxylic acid groups (broad SMARTS) is 1. The summed E-state index contributed by atoms with van der Waals surface area (Å²) < 4.78 is 14.1. The number of carboxylic acids is 1. The Bertz CT molecular complexity index is 1340. The van der Waals surface area contributed by atoms with Gasteiger partial charge in [-0.1, -0.05) is 54.6 Å². The van der Waals surface area contributed by atoms with Crippen molar-refractivity contribution in [3.63, 3.8) is 0 Å². The fourth-order valence-electron chi connectivity index (χ4n) is 5.11. The zero-order valence-electron chi connectivity index (χ0n) is 19.9. The molecular formula is C28H29ClFN3O2S. The van der Waals surface area contributed by atoms with Crippen LogP contribution >= 0.6 is 23.7 Å². The predicted octanol–water partition coefficient (Wildman–Crippen LogP) is 6.52. The normalized spacial score (nSPS) is 18.6. The number of aromatic carboxylic acids is 1. The number of halogens is 2. The van der Waals surface area contributed by atoms with Gasteiger partial charge in [-0.05, 0) is 59.8 Å². The standard InChI is InChI=1S/C28H28FN3O2S.ClH/c1-18(23-11-5-7-19-6-2-3-10-24(19)23)30-15-21-12-13-32(28-31-26(17-35-28)27(33)34)16-25(21)20-8-4-9-22(29)14-20;/h2-11,14,17-18,21,25,30H,12-13,15-16H2,1H3,(H,33,34);1H/t18-,21?,25?;/m1./s1. The number of hydrogen-bond acceptors (Lipinski definition) is 5. The minimum atomic E-state index is -1.02. The lowest BCUT2D eigenvalue weighted by Gasteiger charge is -2.39. The minimum Gasteiger partial charge on any atom is -0.476 e. The van der Waals surface area contributed by atoms with E-state index < -0.39 is 5.97 Å². The molecule has 0 bridgehead atoms. The number of fused-ring (bicyclic) bond motifs is 1. The molecule has 1 aromatic heterocycles. The molecule has 1 saturated heterocycles. The van der Waals surface area contributed by atoms with Crippen LogP contribution in [0.4, 0.5) is 9.52 Å². The Morgan fingerprint density at radius 2 is 1.97 bits per heavy atom. The largest absolute Gasteiger partial charge is 0.476 e. The van der Waals surface area contributed by atoms with E-state index in [1.165, 1.54) is 33.7 Å². The predicted molar refractivity (Wildman–Crippen MR) is 146 cm³/mol. The Hall–Kier alpha value is -3.00. The third-order valence-electron chi connectivity index (χ3n) is 6.99. The average Bonchev–Trinajstić information content (AvgIpc) is 3.38. The van der Waals surface area contributed by atoms with Gasteiger partial charge in [-0.3, -0.25) is 0 Å². The fraction of sp³-hybridized carbons (Fsp3) is 0.286. The molecule has 4 aromatic rings. The summed E-state index contributed by atoms with van der Waals surface area (Å²) >= 11 is 1.35. The third-order valence-corrected chi connectivity index (χ3v) is 7.89. The number of carbonyl (C=O) groups is 1. The molecule has 188 valence electrons. The van der Waals surface area contributed by atoms with Gasteiger partial charge < -0.3 is 15.3 Å². The zero-order valence-corrected chi connectivity index (χ0v) is 21.6. The van der Waals surface area contributed by atoms with Crippen LogP contribution in [0.25, 0.3) is 10.8 Å². The SMILES string of the molecule is C[C@@H](NCC1CCN(c2nc(C(=O)O)cs2)CC1c1cccc(F)c1)c1cccc2ccccc12.Cl. The van der Waals surface area contributed by atoms with Crippen molar-refractivity contribution in [2.24, 2.45) is 5.92 Å². The first kappa shape index (κ1) is 26.1. The van der Waals surface area contributed by atoms with Gasteiger partial charge in [0.05, 0.1) is 0 Å². The summed E-state index contributed by atoms with van der Waals surface area (Å²) in [6.45, 7) is 4.45. The minimum absolute atomic E-state index is 0. The van der Waals surface area contributed by atoms with Crippen molar-refractivity contribution < 1.29 is 14.3 Å². The van der Waals surface area contributed by atoms with E-state index in [9.17, 15) is 14.3 Å². The third kappa shape index (κ3) is 5.53. The molecule has 0 aliphatic carbocycles. The van der Waals surface area contributed by atoms with Gasteiger partial charge in [0.15, 0.2) is 10.8 Å². The smallest absolute Gasteiger partial charge is 0.355 e. The van der Waals surface area contributed by atoms with Crippen LogP contribution in [0.1, 0.15) is 46.9 Å². The molecule has 0 radical (unpaired) electrons. The molecule has 0 amide bonds. The Balaban J connectivity index is 0.00000304. The van der Waals surface area contributed by atoms with E-state index in [0.717, 1.165) is 25.1 Å². The van der Waals surface area contributed by atoms with Crippen molar-refractivity contribution in [3.8, 4) is 0 Å². The van der Waals surface area contributed by atoms with Crippen LogP contribution in [0.2, 0.25) is 0 Å². The molecule has 1 aliphatic heterocycles. The second-order valence-corrected chi connectivity index (χ2v) is 10.0. The Labute approximate surface area is 220 Å². The monoisotopic (exact) mass is 525 g/mol.